The van der Waals surface area contributed by atoms with Crippen molar-refractivity contribution < 1.29 is 0 Å². The van der Waals surface area contributed by atoms with Crippen LogP contribution in [0.4, 0.5) is 17.5 Å². The molecule has 1 aromatic carbocycles. The molecule has 0 saturated heterocycles. The van der Waals surface area contributed by atoms with E-state index in [9.17, 15) is 0 Å². The lowest BCUT2D eigenvalue weighted by atomic mass is 10.2. The Morgan fingerprint density at radius 1 is 1.28 bits per heavy atom. The van der Waals surface area contributed by atoms with Gasteiger partial charge in [-0.1, -0.05) is 11.6 Å². The maximum absolute atomic E-state index is 8.69. The highest BCUT2D eigenvalue weighted by atomic mass is 79.9. The maximum atomic E-state index is 8.69. The summed E-state index contributed by atoms with van der Waals surface area (Å²) >= 11 is 9.04. The minimum Gasteiger partial charge on any atom is -0.383 e. The molecule has 18 heavy (non-hydrogen) atoms. The van der Waals surface area contributed by atoms with Gasteiger partial charge < -0.3 is 11.1 Å². The number of rotatable bonds is 2. The van der Waals surface area contributed by atoms with Gasteiger partial charge in [0.15, 0.2) is 5.15 Å². The van der Waals surface area contributed by atoms with E-state index >= 15 is 0 Å². The summed E-state index contributed by atoms with van der Waals surface area (Å²) < 4.78 is 0.467. The molecule has 3 N–H and O–H groups in total. The molecular weight excluding hydrogens is 318 g/mol. The molecular formula is C11H7BrClN5. The van der Waals surface area contributed by atoms with E-state index < -0.39 is 0 Å². The van der Waals surface area contributed by atoms with Gasteiger partial charge in [-0.3, -0.25) is 0 Å². The number of hydrogen-bond donors (Lipinski definition) is 2. The Labute approximate surface area is 117 Å². The fourth-order valence-corrected chi connectivity index (χ4v) is 1.60. The molecule has 0 radical (unpaired) electrons. The van der Waals surface area contributed by atoms with Crippen LogP contribution in [0.15, 0.2) is 28.7 Å². The van der Waals surface area contributed by atoms with E-state index in [1.807, 2.05) is 6.07 Å². The van der Waals surface area contributed by atoms with Crippen LogP contribution in [-0.4, -0.2) is 9.97 Å². The first-order valence-electron chi connectivity index (χ1n) is 4.86. The Kier molecular flexibility index (Phi) is 3.65. The van der Waals surface area contributed by atoms with Gasteiger partial charge in [-0.25, -0.2) is 0 Å². The fourth-order valence-electron chi connectivity index (χ4n) is 1.25. The Balaban J connectivity index is 2.26. The highest BCUT2D eigenvalue weighted by Gasteiger charge is 2.08. The van der Waals surface area contributed by atoms with E-state index in [0.717, 1.165) is 5.69 Å². The molecule has 0 bridgehead atoms. The van der Waals surface area contributed by atoms with Crippen LogP contribution >= 0.6 is 27.5 Å². The zero-order chi connectivity index (χ0) is 13.1. The van der Waals surface area contributed by atoms with Crippen molar-refractivity contribution in [2.45, 2.75) is 0 Å². The van der Waals surface area contributed by atoms with E-state index in [1.54, 1.807) is 24.3 Å². The van der Waals surface area contributed by atoms with Crippen LogP contribution in [0.5, 0.6) is 0 Å². The predicted molar refractivity (Wildman–Crippen MR) is 73.6 cm³/mol. The second-order valence-corrected chi connectivity index (χ2v) is 4.50. The summed E-state index contributed by atoms with van der Waals surface area (Å²) in [6.07, 6.45) is 0. The zero-order valence-electron chi connectivity index (χ0n) is 8.98. The van der Waals surface area contributed by atoms with Crippen molar-refractivity contribution in [1.29, 1.82) is 5.26 Å². The molecule has 0 fully saturated rings. The van der Waals surface area contributed by atoms with Gasteiger partial charge in [-0.15, -0.1) is 0 Å². The van der Waals surface area contributed by atoms with Crippen molar-refractivity contribution >= 4 is 45.0 Å². The van der Waals surface area contributed by atoms with E-state index in [4.69, 9.17) is 22.6 Å². The largest absolute Gasteiger partial charge is 0.383 e. The maximum Gasteiger partial charge on any atom is 0.230 e. The lowest BCUT2D eigenvalue weighted by molar-refractivity contribution is 1.16. The van der Waals surface area contributed by atoms with Crippen molar-refractivity contribution in [3.8, 4) is 6.07 Å². The normalized spacial score (nSPS) is 9.83. The minimum atomic E-state index is 0.235. The van der Waals surface area contributed by atoms with Crippen molar-refractivity contribution in [1.82, 2.24) is 9.97 Å². The number of benzene rings is 1. The molecule has 1 heterocycles. The van der Waals surface area contributed by atoms with Gasteiger partial charge >= 0.3 is 0 Å². The van der Waals surface area contributed by atoms with Gasteiger partial charge in [0, 0.05) is 5.69 Å². The third kappa shape index (κ3) is 2.70. The smallest absolute Gasteiger partial charge is 0.230 e. The molecule has 0 atom stereocenters. The predicted octanol–water partition coefficient (Wildman–Crippen LogP) is 3.09. The van der Waals surface area contributed by atoms with Crippen LogP contribution in [0, 0.1) is 11.3 Å². The van der Waals surface area contributed by atoms with Crippen LogP contribution < -0.4 is 11.1 Å². The van der Waals surface area contributed by atoms with Gasteiger partial charge in [-0.05, 0) is 40.2 Å². The lowest BCUT2D eigenvalue weighted by Gasteiger charge is -2.07. The van der Waals surface area contributed by atoms with Crippen LogP contribution in [0.2, 0.25) is 5.15 Å². The second-order valence-electron chi connectivity index (χ2n) is 3.35. The molecule has 0 saturated carbocycles. The van der Waals surface area contributed by atoms with Gasteiger partial charge in [0.25, 0.3) is 0 Å². The summed E-state index contributed by atoms with van der Waals surface area (Å²) in [7, 11) is 0. The molecule has 5 nitrogen and oxygen atoms in total. The van der Waals surface area contributed by atoms with Gasteiger partial charge in [0.05, 0.1) is 16.1 Å². The molecule has 0 spiro atoms. The van der Waals surface area contributed by atoms with Crippen molar-refractivity contribution in [2.24, 2.45) is 0 Å². The van der Waals surface area contributed by atoms with Crippen LogP contribution in [0.25, 0.3) is 0 Å². The Hall–Kier alpha value is -1.84. The number of hydrogen-bond acceptors (Lipinski definition) is 5. The van der Waals surface area contributed by atoms with E-state index in [-0.39, 0.29) is 11.0 Å². The van der Waals surface area contributed by atoms with E-state index in [2.05, 4.69) is 31.2 Å². The number of nitrogen functional groups attached to an aromatic ring is 1. The highest BCUT2D eigenvalue weighted by Crippen LogP contribution is 2.27. The van der Waals surface area contributed by atoms with Crippen molar-refractivity contribution in [3.05, 3.63) is 39.5 Å². The van der Waals surface area contributed by atoms with E-state index in [1.165, 1.54) is 0 Å². The SMILES string of the molecule is N#Cc1ccc(Nc2nc(N)c(Br)c(Cl)n2)cc1. The summed E-state index contributed by atoms with van der Waals surface area (Å²) in [5.74, 6) is 0.552. The number of nitriles is 1. The Bertz CT molecular complexity index is 597. The van der Waals surface area contributed by atoms with E-state index in [0.29, 0.717) is 16.0 Å². The van der Waals surface area contributed by atoms with Gasteiger partial charge in [0.2, 0.25) is 5.95 Å². The van der Waals surface area contributed by atoms with Crippen molar-refractivity contribution in [2.75, 3.05) is 11.1 Å². The van der Waals surface area contributed by atoms with Crippen LogP contribution in [0.3, 0.4) is 0 Å². The first-order valence-corrected chi connectivity index (χ1v) is 6.03. The number of aromatic nitrogens is 2. The highest BCUT2D eigenvalue weighted by molar-refractivity contribution is 9.10. The van der Waals surface area contributed by atoms with Crippen LogP contribution in [-0.2, 0) is 0 Å². The standard InChI is InChI=1S/C11H7BrClN5/c12-8-9(13)17-11(18-10(8)15)16-7-3-1-6(5-14)2-4-7/h1-4H,(H3,15,16,17,18). The first-order chi connectivity index (χ1) is 8.60. The van der Waals surface area contributed by atoms with Gasteiger partial charge in [-0.2, -0.15) is 15.2 Å². The van der Waals surface area contributed by atoms with Crippen LogP contribution in [0.1, 0.15) is 5.56 Å². The molecule has 0 aliphatic carbocycles. The molecule has 0 unspecified atom stereocenters. The molecule has 7 heteroatoms. The van der Waals surface area contributed by atoms with Gasteiger partial charge in [0.1, 0.15) is 5.82 Å². The summed E-state index contributed by atoms with van der Waals surface area (Å²) in [6.45, 7) is 0. The first kappa shape index (κ1) is 12.6. The average Bonchev–Trinajstić information content (AvgIpc) is 2.37. The monoisotopic (exact) mass is 323 g/mol. The summed E-state index contributed by atoms with van der Waals surface area (Å²) in [5, 5.41) is 11.9. The molecule has 2 aromatic rings. The number of nitrogens with one attached hydrogen (secondary N) is 1. The third-order valence-electron chi connectivity index (χ3n) is 2.11. The summed E-state index contributed by atoms with van der Waals surface area (Å²) in [6, 6.07) is 8.90. The topological polar surface area (TPSA) is 87.6 Å². The molecule has 2 rings (SSSR count). The number of anilines is 3. The lowest BCUT2D eigenvalue weighted by Crippen LogP contribution is -2.01. The summed E-state index contributed by atoms with van der Waals surface area (Å²) in [4.78, 5) is 8.05. The number of nitrogens with zero attached hydrogens (tertiary/aromatic N) is 3. The quantitative estimate of drug-likeness (QED) is 0.829. The molecule has 0 aliphatic heterocycles. The number of halogens is 2. The zero-order valence-corrected chi connectivity index (χ0v) is 11.3. The number of nitrogens with two attached hydrogens (primary N) is 1. The molecule has 1 aromatic heterocycles. The molecule has 0 amide bonds. The summed E-state index contributed by atoms with van der Waals surface area (Å²) in [5.41, 5.74) is 6.98. The Morgan fingerprint density at radius 3 is 2.50 bits per heavy atom. The van der Waals surface area contributed by atoms with Crippen molar-refractivity contribution in [3.63, 3.8) is 0 Å². The molecule has 90 valence electrons. The Morgan fingerprint density at radius 2 is 1.94 bits per heavy atom. The third-order valence-corrected chi connectivity index (χ3v) is 3.39. The molecule has 0 aliphatic rings. The second kappa shape index (κ2) is 5.21. The fraction of sp³-hybridized carbons (Fsp3) is 0. The average molecular weight is 325 g/mol. The minimum absolute atomic E-state index is 0.235.